The highest BCUT2D eigenvalue weighted by molar-refractivity contribution is 5.86. The lowest BCUT2D eigenvalue weighted by Gasteiger charge is -2.35. The summed E-state index contributed by atoms with van der Waals surface area (Å²) in [6, 6.07) is 5.52. The molecule has 124 valence electrons. The third kappa shape index (κ3) is 2.93. The van der Waals surface area contributed by atoms with Crippen molar-refractivity contribution in [3.05, 3.63) is 45.4 Å². The fourth-order valence-electron chi connectivity index (χ4n) is 3.14. The summed E-state index contributed by atoms with van der Waals surface area (Å²) in [5, 5.41) is 11.8. The third-order valence-electron chi connectivity index (χ3n) is 4.71. The smallest absolute Gasteiger partial charge is 0.256 e. The maximum atomic E-state index is 12.4. The second kappa shape index (κ2) is 5.18. The lowest BCUT2D eigenvalue weighted by atomic mass is 9.83. The minimum atomic E-state index is -0.937. The Hall–Kier alpha value is -1.65. The molecule has 0 spiro atoms. The van der Waals surface area contributed by atoms with Crippen LogP contribution in [0.4, 0.5) is 0 Å². The number of aromatic nitrogens is 1. The molecule has 2 aromatic rings. The van der Waals surface area contributed by atoms with Crippen LogP contribution in [0.1, 0.15) is 51.4 Å². The Labute approximate surface area is 136 Å². The normalized spacial score (nSPS) is 19.0. The summed E-state index contributed by atoms with van der Waals surface area (Å²) in [6.07, 6.45) is 0.789. The van der Waals surface area contributed by atoms with Crippen LogP contribution in [0.2, 0.25) is 0 Å². The monoisotopic (exact) mass is 315 g/mol. The van der Waals surface area contributed by atoms with Gasteiger partial charge in [0.15, 0.2) is 0 Å². The van der Waals surface area contributed by atoms with Crippen molar-refractivity contribution in [2.24, 2.45) is 5.41 Å². The maximum Gasteiger partial charge on any atom is 0.256 e. The average Bonchev–Trinajstić information content (AvgIpc) is 2.44. The fraction of sp³-hybridized carbons (Fsp3) is 0.526. The molecule has 23 heavy (non-hydrogen) atoms. The molecule has 2 heterocycles. The molecule has 0 saturated carbocycles. The molecule has 1 aliphatic heterocycles. The number of hydrogen-bond donors (Lipinski definition) is 2. The van der Waals surface area contributed by atoms with Gasteiger partial charge >= 0.3 is 0 Å². The van der Waals surface area contributed by atoms with Gasteiger partial charge in [-0.2, -0.15) is 0 Å². The van der Waals surface area contributed by atoms with Gasteiger partial charge in [0, 0.05) is 23.1 Å². The minimum Gasteiger partial charge on any atom is -0.386 e. The van der Waals surface area contributed by atoms with E-state index in [-0.39, 0.29) is 17.1 Å². The van der Waals surface area contributed by atoms with Gasteiger partial charge in [-0.15, -0.1) is 0 Å². The van der Waals surface area contributed by atoms with E-state index in [0.717, 1.165) is 22.2 Å². The van der Waals surface area contributed by atoms with E-state index in [0.29, 0.717) is 18.4 Å². The lowest BCUT2D eigenvalue weighted by Crippen LogP contribution is -2.36. The highest BCUT2D eigenvalue weighted by Gasteiger charge is 2.31. The molecule has 1 aromatic heterocycles. The Morgan fingerprint density at radius 1 is 1.17 bits per heavy atom. The number of H-pyrrole nitrogens is 1. The summed E-state index contributed by atoms with van der Waals surface area (Å²) >= 11 is 0. The summed E-state index contributed by atoms with van der Waals surface area (Å²) in [5.41, 5.74) is 1.81. The van der Waals surface area contributed by atoms with Crippen molar-refractivity contribution < 1.29 is 9.84 Å². The molecular weight excluding hydrogens is 290 g/mol. The van der Waals surface area contributed by atoms with E-state index in [4.69, 9.17) is 4.74 Å². The zero-order valence-corrected chi connectivity index (χ0v) is 14.5. The van der Waals surface area contributed by atoms with Crippen LogP contribution >= 0.6 is 0 Å². The molecular formula is C19H25NO3. The molecule has 0 aliphatic carbocycles. The minimum absolute atomic E-state index is 0.0263. The topological polar surface area (TPSA) is 62.3 Å². The van der Waals surface area contributed by atoms with Crippen LogP contribution in [-0.4, -0.2) is 16.2 Å². The van der Waals surface area contributed by atoms with Gasteiger partial charge in [-0.3, -0.25) is 4.79 Å². The number of aliphatic hydroxyl groups is 1. The van der Waals surface area contributed by atoms with Crippen molar-refractivity contribution in [1.29, 1.82) is 0 Å². The quantitative estimate of drug-likeness (QED) is 0.849. The van der Waals surface area contributed by atoms with Gasteiger partial charge in [-0.1, -0.05) is 26.8 Å². The maximum absolute atomic E-state index is 12.4. The predicted octanol–water partition coefficient (Wildman–Crippen LogP) is 3.24. The predicted molar refractivity (Wildman–Crippen MR) is 91.5 cm³/mol. The van der Waals surface area contributed by atoms with E-state index in [1.165, 1.54) is 0 Å². The Balaban J connectivity index is 2.18. The van der Waals surface area contributed by atoms with E-state index in [1.54, 1.807) is 19.9 Å². The zero-order valence-electron chi connectivity index (χ0n) is 14.5. The SMILES string of the molecule is CC(C)(O)c1ccc2c(=O)[nH]c3c(c2c1)COC(C(C)(C)C)C3. The first-order valence-electron chi connectivity index (χ1n) is 8.09. The lowest BCUT2D eigenvalue weighted by molar-refractivity contribution is -0.0380. The second-order valence-corrected chi connectivity index (χ2v) is 8.10. The van der Waals surface area contributed by atoms with Crippen LogP contribution in [0.25, 0.3) is 10.8 Å². The van der Waals surface area contributed by atoms with Gasteiger partial charge in [-0.25, -0.2) is 0 Å². The molecule has 2 N–H and O–H groups in total. The van der Waals surface area contributed by atoms with E-state index < -0.39 is 5.60 Å². The van der Waals surface area contributed by atoms with Crippen LogP contribution in [0.5, 0.6) is 0 Å². The van der Waals surface area contributed by atoms with E-state index >= 15 is 0 Å². The highest BCUT2D eigenvalue weighted by Crippen LogP contribution is 2.34. The average molecular weight is 315 g/mol. The molecule has 0 fully saturated rings. The Kier molecular flexibility index (Phi) is 3.65. The summed E-state index contributed by atoms with van der Waals surface area (Å²) < 4.78 is 6.06. The fourth-order valence-corrected chi connectivity index (χ4v) is 3.14. The van der Waals surface area contributed by atoms with Crippen molar-refractivity contribution in [2.75, 3.05) is 0 Å². The number of hydrogen-bond acceptors (Lipinski definition) is 3. The molecule has 1 atom stereocenters. The van der Waals surface area contributed by atoms with Crippen LogP contribution in [0.15, 0.2) is 23.0 Å². The van der Waals surface area contributed by atoms with Gasteiger partial charge in [0.25, 0.3) is 5.56 Å². The van der Waals surface area contributed by atoms with Gasteiger partial charge < -0.3 is 14.8 Å². The number of ether oxygens (including phenoxy) is 1. The summed E-state index contributed by atoms with van der Waals surface area (Å²) in [4.78, 5) is 15.4. The number of rotatable bonds is 1. The standard InChI is InChI=1S/C19H25NO3/c1-18(2,3)16-9-15-14(10-23-16)13-8-11(19(4,5)22)6-7-12(13)17(21)20-15/h6-8,16,22H,9-10H2,1-5H3,(H,20,21). The summed E-state index contributed by atoms with van der Waals surface area (Å²) in [5.74, 6) is 0. The number of fused-ring (bicyclic) bond motifs is 3. The summed E-state index contributed by atoms with van der Waals surface area (Å²) in [6.45, 7) is 10.4. The highest BCUT2D eigenvalue weighted by atomic mass is 16.5. The first-order valence-corrected chi connectivity index (χ1v) is 8.09. The Bertz CT molecular complexity index is 806. The molecule has 1 unspecified atom stereocenters. The van der Waals surface area contributed by atoms with Crippen molar-refractivity contribution >= 4 is 10.8 Å². The van der Waals surface area contributed by atoms with E-state index in [2.05, 4.69) is 25.8 Å². The Morgan fingerprint density at radius 2 is 1.87 bits per heavy atom. The largest absolute Gasteiger partial charge is 0.386 e. The number of aromatic amines is 1. The van der Waals surface area contributed by atoms with Gasteiger partial charge in [0.05, 0.1) is 18.3 Å². The van der Waals surface area contributed by atoms with Crippen LogP contribution < -0.4 is 5.56 Å². The molecule has 0 radical (unpaired) electrons. The first-order chi connectivity index (χ1) is 10.6. The van der Waals surface area contributed by atoms with Crippen LogP contribution in [-0.2, 0) is 23.4 Å². The molecule has 0 saturated heterocycles. The van der Waals surface area contributed by atoms with Crippen molar-refractivity contribution in [3.63, 3.8) is 0 Å². The van der Waals surface area contributed by atoms with Gasteiger partial charge in [-0.05, 0) is 42.3 Å². The second-order valence-electron chi connectivity index (χ2n) is 8.10. The molecule has 3 rings (SSSR count). The van der Waals surface area contributed by atoms with E-state index in [9.17, 15) is 9.90 Å². The zero-order chi connectivity index (χ0) is 17.0. The molecule has 4 heteroatoms. The Morgan fingerprint density at radius 3 is 2.48 bits per heavy atom. The van der Waals surface area contributed by atoms with Crippen LogP contribution in [0, 0.1) is 5.41 Å². The number of benzene rings is 1. The molecule has 4 nitrogen and oxygen atoms in total. The summed E-state index contributed by atoms with van der Waals surface area (Å²) in [7, 11) is 0. The van der Waals surface area contributed by atoms with E-state index in [1.807, 2.05) is 12.1 Å². The van der Waals surface area contributed by atoms with Gasteiger partial charge in [0.2, 0.25) is 0 Å². The molecule has 0 amide bonds. The van der Waals surface area contributed by atoms with Crippen molar-refractivity contribution in [3.8, 4) is 0 Å². The molecule has 1 aromatic carbocycles. The number of nitrogens with one attached hydrogen (secondary N) is 1. The molecule has 1 aliphatic rings. The van der Waals surface area contributed by atoms with Crippen LogP contribution in [0.3, 0.4) is 0 Å². The van der Waals surface area contributed by atoms with Gasteiger partial charge in [0.1, 0.15) is 0 Å². The number of pyridine rings is 1. The van der Waals surface area contributed by atoms with Crippen molar-refractivity contribution in [1.82, 2.24) is 4.98 Å². The molecule has 0 bridgehead atoms. The van der Waals surface area contributed by atoms with Crippen molar-refractivity contribution in [2.45, 2.75) is 59.4 Å². The third-order valence-corrected chi connectivity index (χ3v) is 4.71. The first kappa shape index (κ1) is 16.2.